The molecule has 1 aliphatic heterocycles. The summed E-state index contributed by atoms with van der Waals surface area (Å²) >= 11 is 0. The number of carbonyl (C=O) groups is 2. The number of carbonyl (C=O) groups excluding carboxylic acids is 2. The molecule has 1 aliphatic rings. The van der Waals surface area contributed by atoms with Crippen molar-refractivity contribution in [2.45, 2.75) is 12.7 Å². The van der Waals surface area contributed by atoms with Gasteiger partial charge in [0.1, 0.15) is 11.4 Å². The number of alkyl halides is 3. The van der Waals surface area contributed by atoms with Gasteiger partial charge in [-0.15, -0.1) is 0 Å². The monoisotopic (exact) mass is 577 g/mol. The maximum atomic E-state index is 12.4. The van der Waals surface area contributed by atoms with Crippen molar-refractivity contribution in [1.82, 2.24) is 19.7 Å². The lowest BCUT2D eigenvalue weighted by atomic mass is 10.3. The molecule has 1 saturated heterocycles. The Morgan fingerprint density at radius 3 is 2.54 bits per heavy atom. The number of halogens is 3. The molecular formula is C25H26F3N7O6. The van der Waals surface area contributed by atoms with E-state index in [2.05, 4.69) is 37.0 Å². The molecule has 218 valence electrons. The molecule has 2 N–H and O–H groups in total. The number of hydrogen-bond acceptors (Lipinski definition) is 11. The maximum Gasteiger partial charge on any atom is 0.491 e. The van der Waals surface area contributed by atoms with E-state index >= 15 is 0 Å². The summed E-state index contributed by atoms with van der Waals surface area (Å²) in [5, 5.41) is 9.63. The molecule has 0 saturated carbocycles. The Hall–Kier alpha value is -4.70. The lowest BCUT2D eigenvalue weighted by Crippen LogP contribution is -2.36. The van der Waals surface area contributed by atoms with Crippen molar-refractivity contribution < 1.29 is 41.7 Å². The van der Waals surface area contributed by atoms with E-state index in [9.17, 15) is 22.8 Å². The molecule has 13 nitrogen and oxygen atoms in total. The number of hydrogen-bond donors (Lipinski definition) is 2. The SMILES string of the molecule is C=C(OC(=O)C(F)(F)F)C(=O)Nc1ccc(Oc2nc(Nc3cnn(CCOC)c3)ncc2N2CCOCC2)cc1. The first-order valence-electron chi connectivity index (χ1n) is 12.2. The summed E-state index contributed by atoms with van der Waals surface area (Å²) in [4.78, 5) is 34.0. The number of aromatic nitrogens is 4. The van der Waals surface area contributed by atoms with Crippen LogP contribution in [0.2, 0.25) is 0 Å². The lowest BCUT2D eigenvalue weighted by molar-refractivity contribution is -0.195. The highest BCUT2D eigenvalue weighted by molar-refractivity contribution is 6.03. The molecular weight excluding hydrogens is 551 g/mol. The smallest absolute Gasteiger partial charge is 0.437 e. The minimum absolute atomic E-state index is 0.190. The summed E-state index contributed by atoms with van der Waals surface area (Å²) < 4.78 is 59.3. The molecule has 2 aromatic heterocycles. The number of methoxy groups -OCH3 is 1. The Morgan fingerprint density at radius 2 is 1.85 bits per heavy atom. The van der Waals surface area contributed by atoms with E-state index in [1.54, 1.807) is 30.4 Å². The zero-order chi connectivity index (χ0) is 29.4. The number of anilines is 4. The molecule has 1 fully saturated rings. The number of nitrogens with zero attached hydrogens (tertiary/aromatic N) is 5. The summed E-state index contributed by atoms with van der Waals surface area (Å²) in [6.07, 6.45) is -0.218. The van der Waals surface area contributed by atoms with Crippen LogP contribution in [0.15, 0.2) is 55.2 Å². The number of benzene rings is 1. The largest absolute Gasteiger partial charge is 0.491 e. The number of nitrogens with one attached hydrogen (secondary N) is 2. The Balaban J connectivity index is 1.46. The average Bonchev–Trinajstić information content (AvgIpc) is 3.40. The fourth-order valence-corrected chi connectivity index (χ4v) is 3.52. The van der Waals surface area contributed by atoms with Crippen LogP contribution in [0.1, 0.15) is 0 Å². The first-order valence-corrected chi connectivity index (χ1v) is 12.2. The molecule has 0 unspecified atom stereocenters. The van der Waals surface area contributed by atoms with Crippen molar-refractivity contribution in [3.05, 3.63) is 55.2 Å². The van der Waals surface area contributed by atoms with E-state index in [0.717, 1.165) is 0 Å². The summed E-state index contributed by atoms with van der Waals surface area (Å²) in [6.45, 7) is 6.40. The summed E-state index contributed by atoms with van der Waals surface area (Å²) in [6, 6.07) is 5.90. The number of morpholine rings is 1. The van der Waals surface area contributed by atoms with Gasteiger partial charge in [-0.1, -0.05) is 6.58 Å². The fraction of sp³-hybridized carbons (Fsp3) is 0.320. The van der Waals surface area contributed by atoms with Gasteiger partial charge in [0, 0.05) is 32.1 Å². The third kappa shape index (κ3) is 8.15. The maximum absolute atomic E-state index is 12.4. The number of ether oxygens (including phenoxy) is 4. The van der Waals surface area contributed by atoms with E-state index in [0.29, 0.717) is 56.6 Å². The first kappa shape index (κ1) is 29.3. The third-order valence-electron chi connectivity index (χ3n) is 5.53. The van der Waals surface area contributed by atoms with Crippen LogP contribution >= 0.6 is 0 Å². The molecule has 4 rings (SSSR count). The van der Waals surface area contributed by atoms with Crippen LogP contribution in [0.3, 0.4) is 0 Å². The molecule has 0 radical (unpaired) electrons. The molecule has 0 aliphatic carbocycles. The van der Waals surface area contributed by atoms with Crippen LogP contribution < -0.4 is 20.3 Å². The highest BCUT2D eigenvalue weighted by atomic mass is 19.4. The van der Waals surface area contributed by atoms with Crippen LogP contribution in [0.5, 0.6) is 11.6 Å². The Morgan fingerprint density at radius 1 is 1.12 bits per heavy atom. The standard InChI is InChI=1S/C25H26F3N7O6/c1-16(40-23(37)25(26,27)28)21(36)31-17-3-5-19(6-4-17)41-22-20(34-7-11-39-12-8-34)14-29-24(33-22)32-18-13-30-35(15-18)9-10-38-2/h3-6,13-15H,1,7-12H2,2H3,(H,31,36)(H,29,32,33). The van der Waals surface area contributed by atoms with Crippen molar-refractivity contribution in [3.8, 4) is 11.6 Å². The van der Waals surface area contributed by atoms with Gasteiger partial charge in [-0.05, 0) is 24.3 Å². The van der Waals surface area contributed by atoms with Gasteiger partial charge in [0.05, 0.1) is 44.4 Å². The topological polar surface area (TPSA) is 142 Å². The quantitative estimate of drug-likeness (QED) is 0.197. The van der Waals surface area contributed by atoms with Gasteiger partial charge in [0.2, 0.25) is 11.8 Å². The number of rotatable bonds is 11. The Bertz CT molecular complexity index is 1370. The zero-order valence-electron chi connectivity index (χ0n) is 21.8. The molecule has 0 spiro atoms. The van der Waals surface area contributed by atoms with Gasteiger partial charge < -0.3 is 34.5 Å². The Labute approximate surface area is 231 Å². The van der Waals surface area contributed by atoms with Gasteiger partial charge in [-0.2, -0.15) is 23.3 Å². The van der Waals surface area contributed by atoms with Crippen LogP contribution in [0.4, 0.5) is 36.2 Å². The molecule has 0 atom stereocenters. The van der Waals surface area contributed by atoms with Gasteiger partial charge >= 0.3 is 12.1 Å². The highest BCUT2D eigenvalue weighted by Gasteiger charge is 2.42. The molecule has 16 heteroatoms. The predicted molar refractivity (Wildman–Crippen MR) is 139 cm³/mol. The van der Waals surface area contributed by atoms with Crippen LogP contribution in [0.25, 0.3) is 0 Å². The summed E-state index contributed by atoms with van der Waals surface area (Å²) in [7, 11) is 1.61. The van der Waals surface area contributed by atoms with Crippen molar-refractivity contribution in [3.63, 3.8) is 0 Å². The number of amides is 1. The Kier molecular flexibility index (Phi) is 9.36. The van der Waals surface area contributed by atoms with Crippen LogP contribution in [0, 0.1) is 0 Å². The van der Waals surface area contributed by atoms with Gasteiger partial charge in [-0.3, -0.25) is 9.48 Å². The van der Waals surface area contributed by atoms with Gasteiger partial charge in [-0.25, -0.2) is 9.78 Å². The minimum Gasteiger partial charge on any atom is -0.437 e. The molecule has 3 heterocycles. The van der Waals surface area contributed by atoms with E-state index in [4.69, 9.17) is 14.2 Å². The lowest BCUT2D eigenvalue weighted by Gasteiger charge is -2.29. The second-order valence-electron chi connectivity index (χ2n) is 8.48. The second-order valence-corrected chi connectivity index (χ2v) is 8.48. The summed E-state index contributed by atoms with van der Waals surface area (Å²) in [5.41, 5.74) is 1.49. The van der Waals surface area contributed by atoms with Gasteiger partial charge in [0.25, 0.3) is 5.91 Å². The summed E-state index contributed by atoms with van der Waals surface area (Å²) in [5.74, 6) is -3.82. The fourth-order valence-electron chi connectivity index (χ4n) is 3.52. The van der Waals surface area contributed by atoms with Crippen molar-refractivity contribution in [2.24, 2.45) is 0 Å². The van der Waals surface area contributed by atoms with Crippen molar-refractivity contribution in [2.75, 3.05) is 55.6 Å². The van der Waals surface area contributed by atoms with E-state index in [1.165, 1.54) is 24.3 Å². The van der Waals surface area contributed by atoms with E-state index < -0.39 is 23.8 Å². The normalized spacial score (nSPS) is 13.4. The highest BCUT2D eigenvalue weighted by Crippen LogP contribution is 2.32. The van der Waals surface area contributed by atoms with E-state index in [-0.39, 0.29) is 17.5 Å². The van der Waals surface area contributed by atoms with Crippen LogP contribution in [-0.2, 0) is 30.3 Å². The minimum atomic E-state index is -5.26. The molecule has 3 aromatic rings. The van der Waals surface area contributed by atoms with E-state index in [1.807, 2.05) is 4.90 Å². The molecule has 41 heavy (non-hydrogen) atoms. The van der Waals surface area contributed by atoms with Crippen molar-refractivity contribution >= 4 is 34.9 Å². The predicted octanol–water partition coefficient (Wildman–Crippen LogP) is 3.25. The first-order chi connectivity index (χ1) is 19.6. The molecule has 0 bridgehead atoms. The van der Waals surface area contributed by atoms with Gasteiger partial charge in [0.15, 0.2) is 5.76 Å². The number of esters is 1. The zero-order valence-corrected chi connectivity index (χ0v) is 21.8. The molecule has 1 amide bonds. The third-order valence-corrected chi connectivity index (χ3v) is 5.53. The molecule has 1 aromatic carbocycles. The second kappa shape index (κ2) is 13.1. The van der Waals surface area contributed by atoms with Crippen LogP contribution in [-0.4, -0.2) is 77.8 Å². The van der Waals surface area contributed by atoms with Crippen molar-refractivity contribution in [1.29, 1.82) is 0 Å². The average molecular weight is 578 g/mol.